The van der Waals surface area contributed by atoms with E-state index < -0.39 is 0 Å². The van der Waals surface area contributed by atoms with Crippen molar-refractivity contribution in [3.05, 3.63) is 83.4 Å². The van der Waals surface area contributed by atoms with Crippen molar-refractivity contribution in [2.75, 3.05) is 13.1 Å². The van der Waals surface area contributed by atoms with Gasteiger partial charge in [-0.15, -0.1) is 0 Å². The molecule has 0 saturated heterocycles. The van der Waals surface area contributed by atoms with E-state index >= 15 is 0 Å². The fourth-order valence-corrected chi connectivity index (χ4v) is 2.73. The van der Waals surface area contributed by atoms with Crippen LogP contribution < -0.4 is 0 Å². The van der Waals surface area contributed by atoms with Gasteiger partial charge in [-0.2, -0.15) is 5.26 Å². The second-order valence-corrected chi connectivity index (χ2v) is 5.70. The lowest BCUT2D eigenvalue weighted by Crippen LogP contribution is -2.33. The fourth-order valence-electron chi connectivity index (χ4n) is 2.73. The van der Waals surface area contributed by atoms with Gasteiger partial charge in [-0.25, -0.2) is 0 Å². The van der Waals surface area contributed by atoms with Gasteiger partial charge in [-0.1, -0.05) is 48.5 Å². The van der Waals surface area contributed by atoms with Crippen LogP contribution in [0.1, 0.15) is 23.1 Å². The smallest absolute Gasteiger partial charge is 0.246 e. The highest BCUT2D eigenvalue weighted by molar-refractivity contribution is 5.92. The number of nitrogens with zero attached hydrogens (tertiary/aromatic N) is 2. The van der Waals surface area contributed by atoms with Crippen LogP contribution >= 0.6 is 0 Å². The van der Waals surface area contributed by atoms with Gasteiger partial charge in [0.2, 0.25) is 5.91 Å². The lowest BCUT2D eigenvalue weighted by Gasteiger charge is -2.25. The van der Waals surface area contributed by atoms with Crippen LogP contribution in [0.5, 0.6) is 0 Å². The number of nitriles is 1. The van der Waals surface area contributed by atoms with Gasteiger partial charge in [0.15, 0.2) is 0 Å². The molecule has 0 aliphatic carbocycles. The highest BCUT2D eigenvalue weighted by Crippen LogP contribution is 2.22. The van der Waals surface area contributed by atoms with Crippen molar-refractivity contribution < 1.29 is 4.79 Å². The van der Waals surface area contributed by atoms with Crippen LogP contribution in [0.15, 0.2) is 66.7 Å². The number of rotatable bonds is 3. The Morgan fingerprint density at radius 1 is 1.08 bits per heavy atom. The summed E-state index contributed by atoms with van der Waals surface area (Å²) in [6.45, 7) is 1.37. The first kappa shape index (κ1) is 15.8. The number of carbonyl (C=O) groups is 1. The fraction of sp³-hybridized carbons (Fsp3) is 0.143. The average molecular weight is 314 g/mol. The molecule has 1 heterocycles. The molecule has 1 aliphatic rings. The van der Waals surface area contributed by atoms with Gasteiger partial charge in [-0.05, 0) is 41.3 Å². The van der Waals surface area contributed by atoms with Crippen molar-refractivity contribution in [3.8, 4) is 6.07 Å². The maximum Gasteiger partial charge on any atom is 0.246 e. The SMILES string of the molecule is N#Cc1ccc(/C=C/C(=O)N2CC=C(c3ccccc3)CC2)cc1. The van der Waals surface area contributed by atoms with E-state index in [1.54, 1.807) is 24.3 Å². The predicted molar refractivity (Wildman–Crippen MR) is 95.8 cm³/mol. The van der Waals surface area contributed by atoms with Gasteiger partial charge in [-0.3, -0.25) is 4.79 Å². The van der Waals surface area contributed by atoms with Crippen LogP contribution in [0.2, 0.25) is 0 Å². The third-order valence-electron chi connectivity index (χ3n) is 4.12. The van der Waals surface area contributed by atoms with E-state index in [-0.39, 0.29) is 5.91 Å². The average Bonchev–Trinajstić information content (AvgIpc) is 2.67. The Hall–Kier alpha value is -3.12. The lowest BCUT2D eigenvalue weighted by atomic mass is 9.99. The van der Waals surface area contributed by atoms with Crippen LogP contribution in [-0.2, 0) is 4.79 Å². The molecule has 0 radical (unpaired) electrons. The third-order valence-corrected chi connectivity index (χ3v) is 4.12. The summed E-state index contributed by atoms with van der Waals surface area (Å²) in [4.78, 5) is 14.1. The summed E-state index contributed by atoms with van der Waals surface area (Å²) in [5.41, 5.74) is 4.07. The second kappa shape index (κ2) is 7.43. The molecule has 0 bridgehead atoms. The summed E-state index contributed by atoms with van der Waals surface area (Å²) in [6, 6.07) is 19.6. The molecule has 0 fully saturated rings. The zero-order valence-corrected chi connectivity index (χ0v) is 13.4. The van der Waals surface area contributed by atoms with E-state index in [1.165, 1.54) is 11.1 Å². The predicted octanol–water partition coefficient (Wildman–Crippen LogP) is 3.89. The molecule has 2 aromatic carbocycles. The number of carbonyl (C=O) groups excluding carboxylic acids is 1. The maximum atomic E-state index is 12.3. The highest BCUT2D eigenvalue weighted by Gasteiger charge is 2.15. The Balaban J connectivity index is 1.61. The molecule has 118 valence electrons. The van der Waals surface area contributed by atoms with Gasteiger partial charge in [0.1, 0.15) is 0 Å². The number of benzene rings is 2. The molecule has 1 aliphatic heterocycles. The van der Waals surface area contributed by atoms with E-state index in [4.69, 9.17) is 5.26 Å². The van der Waals surface area contributed by atoms with Crippen molar-refractivity contribution in [3.63, 3.8) is 0 Å². The molecule has 2 aromatic rings. The number of hydrogen-bond donors (Lipinski definition) is 0. The first-order chi connectivity index (χ1) is 11.8. The Morgan fingerprint density at radius 2 is 1.83 bits per heavy atom. The summed E-state index contributed by atoms with van der Waals surface area (Å²) in [7, 11) is 0. The summed E-state index contributed by atoms with van der Waals surface area (Å²) >= 11 is 0. The van der Waals surface area contributed by atoms with Crippen molar-refractivity contribution in [1.29, 1.82) is 5.26 Å². The van der Waals surface area contributed by atoms with E-state index in [2.05, 4.69) is 24.3 Å². The van der Waals surface area contributed by atoms with Crippen LogP contribution in [0.4, 0.5) is 0 Å². The Labute approximate surface area is 142 Å². The lowest BCUT2D eigenvalue weighted by molar-refractivity contribution is -0.125. The largest absolute Gasteiger partial charge is 0.335 e. The van der Waals surface area contributed by atoms with Crippen LogP contribution in [0, 0.1) is 11.3 Å². The molecule has 0 atom stereocenters. The van der Waals surface area contributed by atoms with Crippen molar-refractivity contribution in [2.45, 2.75) is 6.42 Å². The Bertz CT molecular complexity index is 811. The van der Waals surface area contributed by atoms with Crippen molar-refractivity contribution in [2.24, 2.45) is 0 Å². The molecule has 3 heteroatoms. The van der Waals surface area contributed by atoms with Crippen molar-refractivity contribution >= 4 is 17.6 Å². The Morgan fingerprint density at radius 3 is 2.46 bits per heavy atom. The normalized spacial score (nSPS) is 14.3. The van der Waals surface area contributed by atoms with Gasteiger partial charge in [0.25, 0.3) is 0 Å². The Kier molecular flexibility index (Phi) is 4.88. The maximum absolute atomic E-state index is 12.3. The minimum atomic E-state index is 0.0164. The molecular weight excluding hydrogens is 296 g/mol. The minimum Gasteiger partial charge on any atom is -0.335 e. The molecule has 0 spiro atoms. The molecular formula is C21H18N2O. The molecule has 1 amide bonds. The first-order valence-corrected chi connectivity index (χ1v) is 7.98. The highest BCUT2D eigenvalue weighted by atomic mass is 16.2. The van der Waals surface area contributed by atoms with E-state index in [0.717, 1.165) is 18.5 Å². The topological polar surface area (TPSA) is 44.1 Å². The third kappa shape index (κ3) is 3.80. The zero-order valence-electron chi connectivity index (χ0n) is 13.4. The number of hydrogen-bond acceptors (Lipinski definition) is 2. The van der Waals surface area contributed by atoms with Gasteiger partial charge in [0, 0.05) is 19.2 Å². The quantitative estimate of drug-likeness (QED) is 0.807. The van der Waals surface area contributed by atoms with E-state index in [0.29, 0.717) is 12.1 Å². The molecule has 0 saturated carbocycles. The molecule has 0 unspecified atom stereocenters. The monoisotopic (exact) mass is 314 g/mol. The van der Waals surface area contributed by atoms with Crippen LogP contribution in [0.25, 0.3) is 11.6 Å². The van der Waals surface area contributed by atoms with Crippen molar-refractivity contribution in [1.82, 2.24) is 4.90 Å². The number of amides is 1. The summed E-state index contributed by atoms with van der Waals surface area (Å²) in [5, 5.41) is 8.79. The van der Waals surface area contributed by atoms with E-state index in [9.17, 15) is 4.79 Å². The minimum absolute atomic E-state index is 0.0164. The first-order valence-electron chi connectivity index (χ1n) is 7.98. The van der Waals surface area contributed by atoms with E-state index in [1.807, 2.05) is 35.2 Å². The summed E-state index contributed by atoms with van der Waals surface area (Å²) in [6.07, 6.45) is 6.40. The standard InChI is InChI=1S/C21H18N2O/c22-16-18-8-6-17(7-9-18)10-11-21(24)23-14-12-20(13-15-23)19-4-2-1-3-5-19/h1-12H,13-15H2/b11-10+. The van der Waals surface area contributed by atoms with Gasteiger partial charge < -0.3 is 4.90 Å². The van der Waals surface area contributed by atoms with Crippen LogP contribution in [0.3, 0.4) is 0 Å². The molecule has 3 rings (SSSR count). The zero-order chi connectivity index (χ0) is 16.8. The molecule has 3 nitrogen and oxygen atoms in total. The van der Waals surface area contributed by atoms with Gasteiger partial charge >= 0.3 is 0 Å². The molecule has 0 N–H and O–H groups in total. The second-order valence-electron chi connectivity index (χ2n) is 5.70. The van der Waals surface area contributed by atoms with Crippen LogP contribution in [-0.4, -0.2) is 23.9 Å². The summed E-state index contributed by atoms with van der Waals surface area (Å²) < 4.78 is 0. The molecule has 24 heavy (non-hydrogen) atoms. The van der Waals surface area contributed by atoms with Gasteiger partial charge in [0.05, 0.1) is 11.6 Å². The summed E-state index contributed by atoms with van der Waals surface area (Å²) in [5.74, 6) is 0.0164. The molecule has 0 aromatic heterocycles.